The third-order valence-corrected chi connectivity index (χ3v) is 5.92. The summed E-state index contributed by atoms with van der Waals surface area (Å²) in [7, 11) is -3.43. The van der Waals surface area contributed by atoms with Crippen molar-refractivity contribution in [1.29, 1.82) is 0 Å². The van der Waals surface area contributed by atoms with E-state index in [1.165, 1.54) is 19.3 Å². The predicted molar refractivity (Wildman–Crippen MR) is 88.3 cm³/mol. The van der Waals surface area contributed by atoms with Crippen LogP contribution in [0.4, 0.5) is 0 Å². The smallest absolute Gasteiger partial charge is 0.212 e. The fourth-order valence-corrected chi connectivity index (χ4v) is 4.94. The highest BCUT2D eigenvalue weighted by Gasteiger charge is 2.21. The van der Waals surface area contributed by atoms with Crippen molar-refractivity contribution in [2.45, 2.75) is 56.7 Å². The van der Waals surface area contributed by atoms with E-state index in [4.69, 9.17) is 23.2 Å². The molecule has 3 nitrogen and oxygen atoms in total. The molecule has 118 valence electrons. The topological polar surface area (TPSA) is 46.2 Å². The standard InChI is InChI=1S/C15H21Cl2NO2S/c16-14-9-6-10-15(17)13(14)11-21(19,20)18-12-7-4-2-1-3-5-8-12/h6,9-10,12,18H,1-5,7-8,11H2. The number of hydrogen-bond donors (Lipinski definition) is 1. The van der Waals surface area contributed by atoms with Crippen LogP contribution >= 0.6 is 23.2 Å². The Labute approximate surface area is 137 Å². The van der Waals surface area contributed by atoms with Crippen molar-refractivity contribution in [3.05, 3.63) is 33.8 Å². The molecule has 1 aromatic carbocycles. The van der Waals surface area contributed by atoms with Gasteiger partial charge in [0, 0.05) is 21.7 Å². The Bertz CT molecular complexity index is 547. The molecular formula is C15H21Cl2NO2S. The maximum atomic E-state index is 12.3. The highest BCUT2D eigenvalue weighted by atomic mass is 35.5. The minimum Gasteiger partial charge on any atom is -0.212 e. The summed E-state index contributed by atoms with van der Waals surface area (Å²) in [5.41, 5.74) is 0.471. The van der Waals surface area contributed by atoms with Crippen molar-refractivity contribution in [3.63, 3.8) is 0 Å². The number of rotatable bonds is 4. The van der Waals surface area contributed by atoms with Crippen LogP contribution in [0.15, 0.2) is 18.2 Å². The van der Waals surface area contributed by atoms with Gasteiger partial charge in [0.25, 0.3) is 0 Å². The zero-order valence-electron chi connectivity index (χ0n) is 11.9. The molecule has 0 aliphatic heterocycles. The lowest BCUT2D eigenvalue weighted by Crippen LogP contribution is -2.36. The van der Waals surface area contributed by atoms with Crippen molar-refractivity contribution in [1.82, 2.24) is 4.72 Å². The Morgan fingerprint density at radius 2 is 1.52 bits per heavy atom. The molecular weight excluding hydrogens is 329 g/mol. The predicted octanol–water partition coefficient (Wildman–Crippen LogP) is 4.53. The number of hydrogen-bond acceptors (Lipinski definition) is 2. The largest absolute Gasteiger partial charge is 0.216 e. The van der Waals surface area contributed by atoms with Crippen molar-refractivity contribution in [3.8, 4) is 0 Å². The molecule has 1 aliphatic rings. The summed E-state index contributed by atoms with van der Waals surface area (Å²) in [6.07, 6.45) is 7.63. The van der Waals surface area contributed by atoms with Gasteiger partial charge in [-0.05, 0) is 25.0 Å². The van der Waals surface area contributed by atoms with Gasteiger partial charge >= 0.3 is 0 Å². The molecule has 0 spiro atoms. The molecule has 0 heterocycles. The molecule has 6 heteroatoms. The van der Waals surface area contributed by atoms with Crippen LogP contribution < -0.4 is 4.72 Å². The van der Waals surface area contributed by atoms with Crippen molar-refractivity contribution in [2.24, 2.45) is 0 Å². The van der Waals surface area contributed by atoms with E-state index in [-0.39, 0.29) is 11.8 Å². The van der Waals surface area contributed by atoms with E-state index in [0.717, 1.165) is 25.7 Å². The second-order valence-corrected chi connectivity index (χ2v) is 8.19. The van der Waals surface area contributed by atoms with Crippen LogP contribution in [0.1, 0.15) is 50.5 Å². The fraction of sp³-hybridized carbons (Fsp3) is 0.600. The molecule has 0 bridgehead atoms. The quantitative estimate of drug-likeness (QED) is 0.867. The number of benzene rings is 1. The molecule has 0 aromatic heterocycles. The van der Waals surface area contributed by atoms with Gasteiger partial charge < -0.3 is 0 Å². The van der Waals surface area contributed by atoms with Crippen molar-refractivity contribution >= 4 is 33.2 Å². The lowest BCUT2D eigenvalue weighted by atomic mass is 9.97. The highest BCUT2D eigenvalue weighted by molar-refractivity contribution is 7.88. The number of halogens is 2. The summed E-state index contributed by atoms with van der Waals surface area (Å²) < 4.78 is 27.5. The monoisotopic (exact) mass is 349 g/mol. The van der Waals surface area contributed by atoms with Gasteiger partial charge in [-0.2, -0.15) is 0 Å². The molecule has 1 fully saturated rings. The minimum atomic E-state index is -3.43. The van der Waals surface area contributed by atoms with E-state index in [1.54, 1.807) is 18.2 Å². The molecule has 0 radical (unpaired) electrons. The van der Waals surface area contributed by atoms with Gasteiger partial charge in [0.15, 0.2) is 0 Å². The van der Waals surface area contributed by atoms with Crippen molar-refractivity contribution < 1.29 is 8.42 Å². The fourth-order valence-electron chi connectivity index (χ4n) is 2.73. The third kappa shape index (κ3) is 5.44. The summed E-state index contributed by atoms with van der Waals surface area (Å²) >= 11 is 12.1. The van der Waals surface area contributed by atoms with Gasteiger partial charge in [0.1, 0.15) is 0 Å². The summed E-state index contributed by atoms with van der Waals surface area (Å²) in [5.74, 6) is -0.165. The normalized spacial score (nSPS) is 18.2. The molecule has 0 unspecified atom stereocenters. The van der Waals surface area contributed by atoms with Crippen LogP contribution in [0.25, 0.3) is 0 Å². The minimum absolute atomic E-state index is 0.0385. The van der Waals surface area contributed by atoms with E-state index in [1.807, 2.05) is 0 Å². The van der Waals surface area contributed by atoms with Gasteiger partial charge in [-0.25, -0.2) is 13.1 Å². The SMILES string of the molecule is O=S(=O)(Cc1c(Cl)cccc1Cl)NC1CCCCCCC1. The Hall–Kier alpha value is -0.290. The van der Waals surface area contributed by atoms with Gasteiger partial charge in [-0.15, -0.1) is 0 Å². The van der Waals surface area contributed by atoms with Crippen LogP contribution in [0.3, 0.4) is 0 Å². The molecule has 1 aliphatic carbocycles. The van der Waals surface area contributed by atoms with Crippen molar-refractivity contribution in [2.75, 3.05) is 0 Å². The number of sulfonamides is 1. The van der Waals surface area contributed by atoms with E-state index >= 15 is 0 Å². The van der Waals surface area contributed by atoms with E-state index in [2.05, 4.69) is 4.72 Å². The average Bonchev–Trinajstić information content (AvgIpc) is 2.37. The van der Waals surface area contributed by atoms with Crippen LogP contribution in [-0.4, -0.2) is 14.5 Å². The Kier molecular flexibility index (Phi) is 6.35. The Morgan fingerprint density at radius 3 is 2.10 bits per heavy atom. The zero-order chi connectivity index (χ0) is 15.3. The first-order chi connectivity index (χ1) is 9.98. The van der Waals surface area contributed by atoms with Gasteiger partial charge in [0.05, 0.1) is 5.75 Å². The average molecular weight is 350 g/mol. The third-order valence-electron chi connectivity index (χ3n) is 3.85. The molecule has 2 rings (SSSR count). The molecule has 1 saturated carbocycles. The van der Waals surface area contributed by atoms with Gasteiger partial charge in [-0.3, -0.25) is 0 Å². The Balaban J connectivity index is 2.04. The van der Waals surface area contributed by atoms with Crippen LogP contribution in [0.2, 0.25) is 10.0 Å². The molecule has 0 saturated heterocycles. The van der Waals surface area contributed by atoms with E-state index < -0.39 is 10.0 Å². The van der Waals surface area contributed by atoms with Gasteiger partial charge in [-0.1, -0.05) is 61.4 Å². The summed E-state index contributed by atoms with van der Waals surface area (Å²) in [5, 5.41) is 0.788. The molecule has 21 heavy (non-hydrogen) atoms. The van der Waals surface area contributed by atoms with E-state index in [9.17, 15) is 8.42 Å². The molecule has 0 atom stereocenters. The van der Waals surface area contributed by atoms with Crippen LogP contribution in [0.5, 0.6) is 0 Å². The molecule has 1 N–H and O–H groups in total. The first-order valence-electron chi connectivity index (χ1n) is 7.41. The maximum absolute atomic E-state index is 12.3. The second kappa shape index (κ2) is 7.82. The highest BCUT2D eigenvalue weighted by Crippen LogP contribution is 2.26. The number of nitrogens with one attached hydrogen (secondary N) is 1. The van der Waals surface area contributed by atoms with E-state index in [0.29, 0.717) is 15.6 Å². The zero-order valence-corrected chi connectivity index (χ0v) is 14.3. The molecule has 0 amide bonds. The lowest BCUT2D eigenvalue weighted by molar-refractivity contribution is 0.426. The Morgan fingerprint density at radius 1 is 1.00 bits per heavy atom. The maximum Gasteiger partial charge on any atom is 0.216 e. The summed E-state index contributed by atoms with van der Waals surface area (Å²) in [6, 6.07) is 5.07. The summed E-state index contributed by atoms with van der Waals surface area (Å²) in [4.78, 5) is 0. The van der Waals surface area contributed by atoms with Crippen LogP contribution in [-0.2, 0) is 15.8 Å². The summed E-state index contributed by atoms with van der Waals surface area (Å²) in [6.45, 7) is 0. The second-order valence-electron chi connectivity index (χ2n) is 5.62. The first kappa shape index (κ1) is 17.1. The van der Waals surface area contributed by atoms with Gasteiger partial charge in [0.2, 0.25) is 10.0 Å². The van der Waals surface area contributed by atoms with Crippen LogP contribution in [0, 0.1) is 0 Å². The first-order valence-corrected chi connectivity index (χ1v) is 9.82. The lowest BCUT2D eigenvalue weighted by Gasteiger charge is -2.21. The molecule has 1 aromatic rings.